The molecule has 33 heavy (non-hydrogen) atoms. The molecule has 1 aliphatic heterocycles. The van der Waals surface area contributed by atoms with Crippen LogP contribution in [0.15, 0.2) is 48.5 Å². The number of rotatable bonds is 8. The van der Waals surface area contributed by atoms with Crippen molar-refractivity contribution in [1.29, 1.82) is 0 Å². The molecule has 0 spiro atoms. The van der Waals surface area contributed by atoms with E-state index in [9.17, 15) is 9.59 Å². The number of hydrogen-bond acceptors (Lipinski definition) is 4. The summed E-state index contributed by atoms with van der Waals surface area (Å²) < 4.78 is 5.65. The van der Waals surface area contributed by atoms with Gasteiger partial charge in [0.15, 0.2) is 0 Å². The SMILES string of the molecule is CCOc1cccc([C@@H](C)NC2CC[C@@H](c3ccc(CC(=O)N4CCNC(=O)C4)cc3)C2)c1. The molecule has 2 aliphatic rings. The molecule has 2 N–H and O–H groups in total. The third-order valence-corrected chi connectivity index (χ3v) is 6.78. The summed E-state index contributed by atoms with van der Waals surface area (Å²) in [5.41, 5.74) is 3.61. The van der Waals surface area contributed by atoms with E-state index in [1.807, 2.05) is 13.0 Å². The number of carbonyl (C=O) groups excluding carboxylic acids is 2. The Labute approximate surface area is 196 Å². The maximum absolute atomic E-state index is 12.5. The molecule has 1 unspecified atom stereocenters. The summed E-state index contributed by atoms with van der Waals surface area (Å²) in [5, 5.41) is 6.56. The standard InChI is InChI=1S/C27H35N3O3/c1-3-33-25-6-4-5-22(17-25)19(2)29-24-12-11-23(16-24)21-9-7-20(8-10-21)15-27(32)30-14-13-28-26(31)18-30/h4-10,17,19,23-24,29H,3,11-16,18H2,1-2H3,(H,28,31)/t19-,23-,24?/m1/s1. The van der Waals surface area contributed by atoms with E-state index in [0.29, 0.717) is 38.1 Å². The maximum Gasteiger partial charge on any atom is 0.239 e. The van der Waals surface area contributed by atoms with Crippen molar-refractivity contribution in [2.45, 2.75) is 57.5 Å². The van der Waals surface area contributed by atoms with Gasteiger partial charge in [-0.05, 0) is 67.9 Å². The van der Waals surface area contributed by atoms with Gasteiger partial charge in [-0.15, -0.1) is 0 Å². The van der Waals surface area contributed by atoms with Crippen LogP contribution in [0.3, 0.4) is 0 Å². The molecule has 176 valence electrons. The number of piperazine rings is 1. The topological polar surface area (TPSA) is 70.7 Å². The van der Waals surface area contributed by atoms with E-state index in [2.05, 4.69) is 60.0 Å². The average Bonchev–Trinajstić information content (AvgIpc) is 3.28. The zero-order chi connectivity index (χ0) is 23.2. The number of hydrogen-bond donors (Lipinski definition) is 2. The molecule has 1 saturated heterocycles. The second-order valence-electron chi connectivity index (χ2n) is 9.18. The zero-order valence-corrected chi connectivity index (χ0v) is 19.7. The molecule has 1 aliphatic carbocycles. The summed E-state index contributed by atoms with van der Waals surface area (Å²) in [6.45, 7) is 6.20. The molecular weight excluding hydrogens is 414 g/mol. The number of ether oxygens (including phenoxy) is 1. The van der Waals surface area contributed by atoms with Gasteiger partial charge >= 0.3 is 0 Å². The van der Waals surface area contributed by atoms with Gasteiger partial charge in [0, 0.05) is 25.2 Å². The number of amides is 2. The lowest BCUT2D eigenvalue weighted by molar-refractivity contribution is -0.137. The summed E-state index contributed by atoms with van der Waals surface area (Å²) in [5.74, 6) is 1.41. The molecule has 0 aromatic heterocycles. The van der Waals surface area contributed by atoms with E-state index in [-0.39, 0.29) is 24.4 Å². The van der Waals surface area contributed by atoms with Crippen molar-refractivity contribution in [3.05, 3.63) is 65.2 Å². The molecule has 6 nitrogen and oxygen atoms in total. The van der Waals surface area contributed by atoms with Crippen LogP contribution in [-0.4, -0.2) is 49.0 Å². The summed E-state index contributed by atoms with van der Waals surface area (Å²) in [6, 6.07) is 17.6. The second kappa shape index (κ2) is 10.8. The first-order valence-corrected chi connectivity index (χ1v) is 12.1. The van der Waals surface area contributed by atoms with Gasteiger partial charge in [0.25, 0.3) is 0 Å². The lowest BCUT2D eigenvalue weighted by Gasteiger charge is -2.26. The number of nitrogens with zero attached hydrogens (tertiary/aromatic N) is 1. The van der Waals surface area contributed by atoms with Crippen LogP contribution in [0.1, 0.15) is 61.8 Å². The summed E-state index contributed by atoms with van der Waals surface area (Å²) >= 11 is 0. The summed E-state index contributed by atoms with van der Waals surface area (Å²) in [7, 11) is 0. The molecule has 4 rings (SSSR count). The number of nitrogens with one attached hydrogen (secondary N) is 2. The Morgan fingerprint density at radius 1 is 1.21 bits per heavy atom. The minimum absolute atomic E-state index is 0.0186. The van der Waals surface area contributed by atoms with Crippen LogP contribution < -0.4 is 15.4 Å². The van der Waals surface area contributed by atoms with Gasteiger partial charge in [-0.3, -0.25) is 9.59 Å². The minimum atomic E-state index is -0.0781. The van der Waals surface area contributed by atoms with Crippen LogP contribution in [0.2, 0.25) is 0 Å². The van der Waals surface area contributed by atoms with Crippen molar-refractivity contribution < 1.29 is 14.3 Å². The van der Waals surface area contributed by atoms with Crippen molar-refractivity contribution in [2.75, 3.05) is 26.2 Å². The highest BCUT2D eigenvalue weighted by Gasteiger charge is 2.27. The van der Waals surface area contributed by atoms with Crippen LogP contribution in [0.25, 0.3) is 0 Å². The van der Waals surface area contributed by atoms with E-state index in [1.54, 1.807) is 4.90 Å². The van der Waals surface area contributed by atoms with Gasteiger partial charge in [-0.2, -0.15) is 0 Å². The van der Waals surface area contributed by atoms with Crippen LogP contribution in [0.4, 0.5) is 0 Å². The molecular formula is C27H35N3O3. The monoisotopic (exact) mass is 449 g/mol. The molecule has 2 fully saturated rings. The quantitative estimate of drug-likeness (QED) is 0.646. The van der Waals surface area contributed by atoms with E-state index < -0.39 is 0 Å². The first-order valence-electron chi connectivity index (χ1n) is 12.1. The summed E-state index contributed by atoms with van der Waals surface area (Å²) in [6.07, 6.45) is 3.80. The highest BCUT2D eigenvalue weighted by atomic mass is 16.5. The summed E-state index contributed by atoms with van der Waals surface area (Å²) in [4.78, 5) is 25.7. The van der Waals surface area contributed by atoms with Crippen molar-refractivity contribution in [1.82, 2.24) is 15.5 Å². The third-order valence-electron chi connectivity index (χ3n) is 6.78. The first-order chi connectivity index (χ1) is 16.0. The predicted molar refractivity (Wildman–Crippen MR) is 129 cm³/mol. The Hall–Kier alpha value is -2.86. The Bertz CT molecular complexity index is 959. The average molecular weight is 450 g/mol. The van der Waals surface area contributed by atoms with Gasteiger partial charge in [-0.1, -0.05) is 36.4 Å². The Morgan fingerprint density at radius 3 is 2.79 bits per heavy atom. The van der Waals surface area contributed by atoms with Crippen molar-refractivity contribution in [2.24, 2.45) is 0 Å². The molecule has 6 heteroatoms. The van der Waals surface area contributed by atoms with Gasteiger partial charge < -0.3 is 20.3 Å². The third kappa shape index (κ3) is 6.14. The van der Waals surface area contributed by atoms with E-state index in [0.717, 1.165) is 24.2 Å². The molecule has 1 saturated carbocycles. The molecule has 3 atom stereocenters. The largest absolute Gasteiger partial charge is 0.494 e. The molecule has 1 heterocycles. The highest BCUT2D eigenvalue weighted by molar-refractivity contribution is 5.86. The van der Waals surface area contributed by atoms with Crippen LogP contribution in [0.5, 0.6) is 5.75 Å². The van der Waals surface area contributed by atoms with E-state index in [4.69, 9.17) is 4.74 Å². The fourth-order valence-electron chi connectivity index (χ4n) is 4.97. The Kier molecular flexibility index (Phi) is 7.65. The van der Waals surface area contributed by atoms with Crippen LogP contribution >= 0.6 is 0 Å². The molecule has 2 aromatic carbocycles. The van der Waals surface area contributed by atoms with E-state index in [1.165, 1.54) is 17.5 Å². The van der Waals surface area contributed by atoms with Crippen molar-refractivity contribution in [3.63, 3.8) is 0 Å². The van der Waals surface area contributed by atoms with Gasteiger partial charge in [-0.25, -0.2) is 0 Å². The second-order valence-corrected chi connectivity index (χ2v) is 9.18. The molecule has 2 amide bonds. The molecule has 0 bridgehead atoms. The minimum Gasteiger partial charge on any atom is -0.494 e. The van der Waals surface area contributed by atoms with E-state index >= 15 is 0 Å². The number of benzene rings is 2. The zero-order valence-electron chi connectivity index (χ0n) is 19.7. The normalized spacial score (nSPS) is 21.5. The predicted octanol–water partition coefficient (Wildman–Crippen LogP) is 3.57. The highest BCUT2D eigenvalue weighted by Crippen LogP contribution is 2.35. The fraction of sp³-hybridized carbons (Fsp3) is 0.481. The van der Waals surface area contributed by atoms with Gasteiger partial charge in [0.1, 0.15) is 5.75 Å². The maximum atomic E-state index is 12.5. The Morgan fingerprint density at radius 2 is 2.03 bits per heavy atom. The van der Waals surface area contributed by atoms with Crippen molar-refractivity contribution in [3.8, 4) is 5.75 Å². The van der Waals surface area contributed by atoms with Crippen LogP contribution in [-0.2, 0) is 16.0 Å². The lowest BCUT2D eigenvalue weighted by atomic mass is 9.95. The van der Waals surface area contributed by atoms with Gasteiger partial charge in [0.2, 0.25) is 11.8 Å². The molecule has 0 radical (unpaired) electrons. The fourth-order valence-corrected chi connectivity index (χ4v) is 4.97. The van der Waals surface area contributed by atoms with Crippen molar-refractivity contribution >= 4 is 11.8 Å². The van der Waals surface area contributed by atoms with Gasteiger partial charge in [0.05, 0.1) is 19.6 Å². The number of carbonyl (C=O) groups is 2. The first kappa shape index (κ1) is 23.3. The molecule has 2 aromatic rings. The smallest absolute Gasteiger partial charge is 0.239 e. The lowest BCUT2D eigenvalue weighted by Crippen LogP contribution is -2.50. The Balaban J connectivity index is 1.28. The van der Waals surface area contributed by atoms with Crippen LogP contribution in [0, 0.1) is 0 Å².